The van der Waals surface area contributed by atoms with Crippen LogP contribution in [0.1, 0.15) is 25.3 Å². The maximum atomic E-state index is 13.5. The summed E-state index contributed by atoms with van der Waals surface area (Å²) in [6.45, 7) is 6.48. The van der Waals surface area contributed by atoms with Crippen molar-refractivity contribution in [2.75, 3.05) is 32.7 Å². The van der Waals surface area contributed by atoms with Gasteiger partial charge in [-0.25, -0.2) is 8.78 Å². The molecule has 0 unspecified atom stereocenters. The molecule has 1 amide bonds. The van der Waals surface area contributed by atoms with Crippen molar-refractivity contribution in [3.05, 3.63) is 35.4 Å². The summed E-state index contributed by atoms with van der Waals surface area (Å²) < 4.78 is 26.6. The average Bonchev–Trinajstić information content (AvgIpc) is 2.73. The Hall–Kier alpha value is -1.49. The quantitative estimate of drug-likeness (QED) is 0.852. The lowest BCUT2D eigenvalue weighted by atomic mass is 10.1. The topological polar surface area (TPSA) is 23.6 Å². The van der Waals surface area contributed by atoms with E-state index in [1.54, 1.807) is 0 Å². The first-order chi connectivity index (χ1) is 10.1. The summed E-state index contributed by atoms with van der Waals surface area (Å²) in [5.41, 5.74) is 0.272. The lowest BCUT2D eigenvalue weighted by Gasteiger charge is -2.21. The van der Waals surface area contributed by atoms with Crippen LogP contribution in [0.15, 0.2) is 18.2 Å². The van der Waals surface area contributed by atoms with Gasteiger partial charge in [-0.15, -0.1) is 0 Å². The number of amides is 1. The molecule has 1 aromatic rings. The normalized spacial score (nSPS) is 16.8. The van der Waals surface area contributed by atoms with Crippen molar-refractivity contribution in [3.8, 4) is 0 Å². The zero-order chi connectivity index (χ0) is 15.2. The van der Waals surface area contributed by atoms with Crippen molar-refractivity contribution in [2.24, 2.45) is 0 Å². The van der Waals surface area contributed by atoms with Crippen molar-refractivity contribution < 1.29 is 13.6 Å². The van der Waals surface area contributed by atoms with Gasteiger partial charge in [0, 0.05) is 26.1 Å². The molecule has 5 heteroatoms. The fraction of sp³-hybridized carbons (Fsp3) is 0.562. The minimum absolute atomic E-state index is 0.0246. The summed E-state index contributed by atoms with van der Waals surface area (Å²) in [4.78, 5) is 16.4. The van der Waals surface area contributed by atoms with Crippen molar-refractivity contribution in [1.29, 1.82) is 0 Å². The van der Waals surface area contributed by atoms with Gasteiger partial charge in [0.25, 0.3) is 0 Å². The van der Waals surface area contributed by atoms with Gasteiger partial charge in [-0.1, -0.05) is 6.92 Å². The first kappa shape index (κ1) is 15.9. The molecule has 0 spiro atoms. The molecule has 21 heavy (non-hydrogen) atoms. The highest BCUT2D eigenvalue weighted by molar-refractivity contribution is 5.76. The summed E-state index contributed by atoms with van der Waals surface area (Å²) in [5.74, 6) is -0.888. The molecule has 1 aliphatic rings. The molecule has 0 N–H and O–H groups in total. The summed E-state index contributed by atoms with van der Waals surface area (Å²) >= 11 is 0. The number of likely N-dealkylation sites (N-methyl/N-ethyl adjacent to an activating group) is 1. The molecular formula is C16H22F2N2O. The minimum atomic E-state index is -0.466. The van der Waals surface area contributed by atoms with Crippen LogP contribution < -0.4 is 0 Å². The third kappa shape index (κ3) is 4.49. The van der Waals surface area contributed by atoms with Crippen LogP contribution in [-0.2, 0) is 11.2 Å². The van der Waals surface area contributed by atoms with Crippen LogP contribution in [0.25, 0.3) is 0 Å². The van der Waals surface area contributed by atoms with E-state index >= 15 is 0 Å². The Kier molecular flexibility index (Phi) is 5.67. The van der Waals surface area contributed by atoms with Gasteiger partial charge in [-0.2, -0.15) is 0 Å². The highest BCUT2D eigenvalue weighted by Crippen LogP contribution is 2.13. The maximum Gasteiger partial charge on any atom is 0.222 e. The monoisotopic (exact) mass is 296 g/mol. The van der Waals surface area contributed by atoms with E-state index < -0.39 is 11.6 Å². The van der Waals surface area contributed by atoms with Gasteiger partial charge in [0.05, 0.1) is 0 Å². The molecule has 0 aromatic heterocycles. The highest BCUT2D eigenvalue weighted by Gasteiger charge is 2.18. The first-order valence-electron chi connectivity index (χ1n) is 7.54. The van der Waals surface area contributed by atoms with Crippen LogP contribution in [-0.4, -0.2) is 48.4 Å². The third-order valence-corrected chi connectivity index (χ3v) is 4.00. The second kappa shape index (κ2) is 7.50. The number of hydrogen-bond donors (Lipinski definition) is 0. The van der Waals surface area contributed by atoms with Crippen LogP contribution in [0.2, 0.25) is 0 Å². The standard InChI is InChI=1S/C16H22F2N2O/c1-2-19-8-3-9-20(11-10-19)16(21)7-4-13-12-14(17)5-6-15(13)18/h5-6,12H,2-4,7-11H2,1H3. The molecule has 1 fully saturated rings. The Morgan fingerprint density at radius 3 is 2.76 bits per heavy atom. The Morgan fingerprint density at radius 1 is 1.19 bits per heavy atom. The molecule has 2 rings (SSSR count). The first-order valence-corrected chi connectivity index (χ1v) is 7.54. The lowest BCUT2D eigenvalue weighted by molar-refractivity contribution is -0.131. The zero-order valence-electron chi connectivity index (χ0n) is 12.4. The van der Waals surface area contributed by atoms with Crippen molar-refractivity contribution >= 4 is 5.91 Å². The number of halogens is 2. The van der Waals surface area contributed by atoms with Gasteiger partial charge in [-0.05, 0) is 49.7 Å². The fourth-order valence-corrected chi connectivity index (χ4v) is 2.67. The van der Waals surface area contributed by atoms with Gasteiger partial charge < -0.3 is 9.80 Å². The van der Waals surface area contributed by atoms with Gasteiger partial charge in [0.15, 0.2) is 0 Å². The smallest absolute Gasteiger partial charge is 0.222 e. The predicted molar refractivity (Wildman–Crippen MR) is 78.0 cm³/mol. The van der Waals surface area contributed by atoms with E-state index in [0.717, 1.165) is 51.3 Å². The number of hydrogen-bond acceptors (Lipinski definition) is 2. The number of rotatable bonds is 4. The average molecular weight is 296 g/mol. The second-order valence-electron chi connectivity index (χ2n) is 5.40. The van der Waals surface area contributed by atoms with Gasteiger partial charge in [0.1, 0.15) is 11.6 Å². The zero-order valence-corrected chi connectivity index (χ0v) is 12.4. The molecule has 0 aliphatic carbocycles. The highest BCUT2D eigenvalue weighted by atomic mass is 19.1. The second-order valence-corrected chi connectivity index (χ2v) is 5.40. The molecule has 1 aliphatic heterocycles. The van der Waals surface area contributed by atoms with E-state index in [9.17, 15) is 13.6 Å². The molecule has 0 bridgehead atoms. The molecule has 3 nitrogen and oxygen atoms in total. The van der Waals surface area contributed by atoms with Crippen LogP contribution in [0.5, 0.6) is 0 Å². The van der Waals surface area contributed by atoms with Gasteiger partial charge in [0.2, 0.25) is 5.91 Å². The van der Waals surface area contributed by atoms with Gasteiger partial charge in [-0.3, -0.25) is 4.79 Å². The van der Waals surface area contributed by atoms with Crippen molar-refractivity contribution in [3.63, 3.8) is 0 Å². The Morgan fingerprint density at radius 2 is 2.00 bits per heavy atom. The van der Waals surface area contributed by atoms with Crippen LogP contribution in [0.4, 0.5) is 8.78 Å². The molecule has 0 radical (unpaired) electrons. The Labute approximate surface area is 124 Å². The molecule has 1 saturated heterocycles. The Bertz CT molecular complexity index is 493. The minimum Gasteiger partial charge on any atom is -0.341 e. The number of benzene rings is 1. The van der Waals surface area contributed by atoms with Crippen LogP contribution in [0.3, 0.4) is 0 Å². The van der Waals surface area contributed by atoms with E-state index in [-0.39, 0.29) is 24.3 Å². The van der Waals surface area contributed by atoms with E-state index in [1.165, 1.54) is 6.07 Å². The Balaban J connectivity index is 1.88. The van der Waals surface area contributed by atoms with Gasteiger partial charge >= 0.3 is 0 Å². The maximum absolute atomic E-state index is 13.5. The SMILES string of the molecule is CCN1CCCN(C(=O)CCc2cc(F)ccc2F)CC1. The van der Waals surface area contributed by atoms with Crippen molar-refractivity contribution in [1.82, 2.24) is 9.80 Å². The summed E-state index contributed by atoms with van der Waals surface area (Å²) in [6, 6.07) is 3.37. The molecule has 0 saturated carbocycles. The van der Waals surface area contributed by atoms with E-state index in [0.29, 0.717) is 0 Å². The predicted octanol–water partition coefficient (Wildman–Crippen LogP) is 2.45. The molecule has 1 heterocycles. The summed E-state index contributed by atoms with van der Waals surface area (Å²) in [6.07, 6.45) is 1.44. The van der Waals surface area contributed by atoms with Crippen molar-refractivity contribution in [2.45, 2.75) is 26.2 Å². The van der Waals surface area contributed by atoms with Crippen LogP contribution in [0, 0.1) is 11.6 Å². The fourth-order valence-electron chi connectivity index (χ4n) is 2.67. The number of carbonyl (C=O) groups is 1. The van der Waals surface area contributed by atoms with E-state index in [2.05, 4.69) is 11.8 Å². The largest absolute Gasteiger partial charge is 0.341 e. The molecule has 1 aromatic carbocycles. The molecule has 116 valence electrons. The van der Waals surface area contributed by atoms with E-state index in [1.807, 2.05) is 4.90 Å². The summed E-state index contributed by atoms with van der Waals surface area (Å²) in [7, 11) is 0. The lowest BCUT2D eigenvalue weighted by Crippen LogP contribution is -2.35. The number of aryl methyl sites for hydroxylation is 1. The molecular weight excluding hydrogens is 274 g/mol. The summed E-state index contributed by atoms with van der Waals surface area (Å²) in [5, 5.41) is 0. The van der Waals surface area contributed by atoms with E-state index in [4.69, 9.17) is 0 Å². The third-order valence-electron chi connectivity index (χ3n) is 4.00. The molecule has 0 atom stereocenters. The number of carbonyl (C=O) groups excluding carboxylic acids is 1. The van der Waals surface area contributed by atoms with Crippen LogP contribution >= 0.6 is 0 Å². The number of nitrogens with zero attached hydrogens (tertiary/aromatic N) is 2.